The van der Waals surface area contributed by atoms with Gasteiger partial charge < -0.3 is 5.11 Å². The minimum atomic E-state index is 0.331. The molecule has 0 aliphatic heterocycles. The lowest BCUT2D eigenvalue weighted by molar-refractivity contribution is -0.665. The Morgan fingerprint density at radius 3 is 2.43 bits per heavy atom. The zero-order chi connectivity index (χ0) is 16.1. The SMILES string of the molecule is Cc1cccc2c3ccc(O)c(C)c3n(-c3cccc[n+]3C)c12. The summed E-state index contributed by atoms with van der Waals surface area (Å²) < 4.78 is 4.36. The molecule has 0 saturated carbocycles. The molecule has 0 aliphatic rings. The van der Waals surface area contributed by atoms with Crippen molar-refractivity contribution in [2.45, 2.75) is 13.8 Å². The van der Waals surface area contributed by atoms with E-state index in [1.165, 1.54) is 21.9 Å². The molecule has 0 atom stereocenters. The fourth-order valence-corrected chi connectivity index (χ4v) is 3.46. The number of aromatic nitrogens is 2. The number of phenolic OH excluding ortho intramolecular Hbond substituents is 1. The number of pyridine rings is 1. The Bertz CT molecular complexity index is 1060. The van der Waals surface area contributed by atoms with Crippen molar-refractivity contribution in [2.75, 3.05) is 0 Å². The summed E-state index contributed by atoms with van der Waals surface area (Å²) in [6, 6.07) is 16.4. The average Bonchev–Trinajstić information content (AvgIpc) is 2.88. The van der Waals surface area contributed by atoms with Crippen LogP contribution in [0.25, 0.3) is 27.6 Å². The molecule has 2 heterocycles. The smallest absolute Gasteiger partial charge is 0.286 e. The molecule has 0 unspecified atom stereocenters. The molecule has 3 heteroatoms. The maximum Gasteiger partial charge on any atom is 0.286 e. The molecule has 2 aromatic carbocycles. The van der Waals surface area contributed by atoms with E-state index < -0.39 is 0 Å². The van der Waals surface area contributed by atoms with E-state index in [0.29, 0.717) is 5.75 Å². The lowest BCUT2D eigenvalue weighted by Crippen LogP contribution is -2.33. The highest BCUT2D eigenvalue weighted by atomic mass is 16.3. The van der Waals surface area contributed by atoms with Crippen LogP contribution in [0.2, 0.25) is 0 Å². The molecule has 23 heavy (non-hydrogen) atoms. The van der Waals surface area contributed by atoms with Gasteiger partial charge in [-0.15, -0.1) is 0 Å². The Hall–Kier alpha value is -2.81. The van der Waals surface area contributed by atoms with Crippen molar-refractivity contribution in [2.24, 2.45) is 7.05 Å². The van der Waals surface area contributed by atoms with E-state index in [4.69, 9.17) is 0 Å². The first-order chi connectivity index (χ1) is 11.1. The second kappa shape index (κ2) is 4.85. The number of rotatable bonds is 1. The van der Waals surface area contributed by atoms with Gasteiger partial charge in [0.15, 0.2) is 0 Å². The Morgan fingerprint density at radius 1 is 0.870 bits per heavy atom. The summed E-state index contributed by atoms with van der Waals surface area (Å²) in [4.78, 5) is 0. The second-order valence-electron chi connectivity index (χ2n) is 6.08. The van der Waals surface area contributed by atoms with E-state index in [9.17, 15) is 5.11 Å². The zero-order valence-corrected chi connectivity index (χ0v) is 13.5. The summed E-state index contributed by atoms with van der Waals surface area (Å²) in [5.41, 5.74) is 4.39. The van der Waals surface area contributed by atoms with Crippen molar-refractivity contribution in [1.82, 2.24) is 4.57 Å². The van der Waals surface area contributed by atoms with E-state index in [-0.39, 0.29) is 0 Å². The summed E-state index contributed by atoms with van der Waals surface area (Å²) in [6.07, 6.45) is 2.05. The van der Waals surface area contributed by atoms with E-state index in [1.807, 2.05) is 38.4 Å². The number of phenols is 1. The van der Waals surface area contributed by atoms with Gasteiger partial charge in [0.2, 0.25) is 0 Å². The summed E-state index contributed by atoms with van der Waals surface area (Å²) in [6.45, 7) is 4.11. The maximum absolute atomic E-state index is 10.2. The van der Waals surface area contributed by atoms with Crippen LogP contribution in [0.1, 0.15) is 11.1 Å². The highest BCUT2D eigenvalue weighted by Gasteiger charge is 2.24. The third-order valence-corrected chi connectivity index (χ3v) is 4.63. The monoisotopic (exact) mass is 303 g/mol. The molecule has 0 amide bonds. The minimum Gasteiger partial charge on any atom is -0.508 e. The van der Waals surface area contributed by atoms with Gasteiger partial charge in [-0.2, -0.15) is 4.57 Å². The standard InChI is InChI=1S/C20H18N2O/c1-13-7-6-8-15-16-10-11-17(23)14(2)20(16)22(19(13)15)18-9-4-5-12-21(18)3/h4-12H,1-3H3/p+1. The van der Waals surface area contributed by atoms with Gasteiger partial charge in [0, 0.05) is 22.4 Å². The van der Waals surface area contributed by atoms with Gasteiger partial charge in [0.05, 0.1) is 13.2 Å². The fourth-order valence-electron chi connectivity index (χ4n) is 3.46. The highest BCUT2D eigenvalue weighted by Crippen LogP contribution is 2.37. The largest absolute Gasteiger partial charge is 0.508 e. The molecule has 2 aromatic heterocycles. The number of para-hydroxylation sites is 1. The summed E-state index contributed by atoms with van der Waals surface area (Å²) in [5, 5.41) is 12.6. The van der Waals surface area contributed by atoms with Crippen molar-refractivity contribution in [3.63, 3.8) is 0 Å². The minimum absolute atomic E-state index is 0.331. The van der Waals surface area contributed by atoms with E-state index in [1.54, 1.807) is 6.07 Å². The van der Waals surface area contributed by atoms with Crippen molar-refractivity contribution in [3.05, 3.63) is 65.9 Å². The number of fused-ring (bicyclic) bond motifs is 3. The van der Waals surface area contributed by atoms with Crippen molar-refractivity contribution in [3.8, 4) is 11.6 Å². The Kier molecular flexibility index (Phi) is 2.91. The Labute approximate surface area is 135 Å². The number of hydrogen-bond donors (Lipinski definition) is 1. The van der Waals surface area contributed by atoms with Crippen molar-refractivity contribution >= 4 is 21.8 Å². The predicted octanol–water partition coefficient (Wildman–Crippen LogP) is 3.93. The van der Waals surface area contributed by atoms with Crippen LogP contribution in [0.4, 0.5) is 0 Å². The first-order valence-electron chi connectivity index (χ1n) is 7.77. The van der Waals surface area contributed by atoms with Gasteiger partial charge in [0.1, 0.15) is 16.8 Å². The fraction of sp³-hybridized carbons (Fsp3) is 0.150. The first kappa shape index (κ1) is 13.8. The van der Waals surface area contributed by atoms with Crippen LogP contribution in [0.15, 0.2) is 54.7 Å². The molecule has 4 aromatic rings. The highest BCUT2D eigenvalue weighted by molar-refractivity contribution is 6.11. The van der Waals surface area contributed by atoms with Crippen molar-refractivity contribution in [1.29, 1.82) is 0 Å². The molecule has 0 fully saturated rings. The Balaban J connectivity index is 2.33. The second-order valence-corrected chi connectivity index (χ2v) is 6.08. The molecule has 0 bridgehead atoms. The summed E-state index contributed by atoms with van der Waals surface area (Å²) in [5.74, 6) is 1.41. The molecule has 3 nitrogen and oxygen atoms in total. The number of aryl methyl sites for hydroxylation is 3. The molecule has 1 N–H and O–H groups in total. The van der Waals surface area contributed by atoms with E-state index >= 15 is 0 Å². The molecular weight excluding hydrogens is 284 g/mol. The number of hydrogen-bond acceptors (Lipinski definition) is 1. The van der Waals surface area contributed by atoms with Crippen LogP contribution in [0.5, 0.6) is 5.75 Å². The lowest BCUT2D eigenvalue weighted by atomic mass is 10.1. The van der Waals surface area contributed by atoms with E-state index in [2.05, 4.69) is 40.3 Å². The van der Waals surface area contributed by atoms with Gasteiger partial charge in [-0.25, -0.2) is 4.57 Å². The van der Waals surface area contributed by atoms with Crippen LogP contribution in [-0.2, 0) is 7.05 Å². The van der Waals surface area contributed by atoms with Crippen LogP contribution in [0, 0.1) is 13.8 Å². The zero-order valence-electron chi connectivity index (χ0n) is 13.5. The predicted molar refractivity (Wildman–Crippen MR) is 93.1 cm³/mol. The van der Waals surface area contributed by atoms with Gasteiger partial charge in [-0.05, 0) is 43.7 Å². The molecule has 0 aliphatic carbocycles. The third-order valence-electron chi connectivity index (χ3n) is 4.63. The molecule has 0 spiro atoms. The third kappa shape index (κ3) is 1.86. The van der Waals surface area contributed by atoms with Crippen LogP contribution >= 0.6 is 0 Å². The topological polar surface area (TPSA) is 29.0 Å². The molecule has 0 saturated heterocycles. The molecular formula is C20H19N2O+. The van der Waals surface area contributed by atoms with Gasteiger partial charge >= 0.3 is 0 Å². The molecule has 0 radical (unpaired) electrons. The normalized spacial score (nSPS) is 11.4. The Morgan fingerprint density at radius 2 is 1.65 bits per heavy atom. The van der Waals surface area contributed by atoms with Crippen LogP contribution < -0.4 is 4.57 Å². The quantitative estimate of drug-likeness (QED) is 0.530. The van der Waals surface area contributed by atoms with E-state index in [0.717, 1.165) is 16.9 Å². The first-order valence-corrected chi connectivity index (χ1v) is 7.77. The number of aromatic hydroxyl groups is 1. The van der Waals surface area contributed by atoms with Crippen LogP contribution in [0.3, 0.4) is 0 Å². The lowest BCUT2D eigenvalue weighted by Gasteiger charge is -2.06. The number of benzene rings is 2. The van der Waals surface area contributed by atoms with Crippen molar-refractivity contribution < 1.29 is 9.67 Å². The number of nitrogens with zero attached hydrogens (tertiary/aromatic N) is 2. The van der Waals surface area contributed by atoms with Gasteiger partial charge in [-0.1, -0.05) is 18.2 Å². The van der Waals surface area contributed by atoms with Gasteiger partial charge in [0.25, 0.3) is 5.82 Å². The summed E-state index contributed by atoms with van der Waals surface area (Å²) >= 11 is 0. The van der Waals surface area contributed by atoms with Crippen LogP contribution in [-0.4, -0.2) is 9.67 Å². The summed E-state index contributed by atoms with van der Waals surface area (Å²) in [7, 11) is 2.05. The molecule has 4 rings (SSSR count). The average molecular weight is 303 g/mol. The molecule has 114 valence electrons. The maximum atomic E-state index is 10.2. The van der Waals surface area contributed by atoms with Gasteiger partial charge in [-0.3, -0.25) is 0 Å².